The van der Waals surface area contributed by atoms with Crippen molar-refractivity contribution in [2.75, 3.05) is 27.3 Å². The molecule has 0 N–H and O–H groups in total. The summed E-state index contributed by atoms with van der Waals surface area (Å²) in [4.78, 5) is 15.0. The standard InChI is InChI=1S/C18H22INO3.C2H6/c1-22-17-8-12-5-7-20-11-13(4-3-6-19)16(21)10-15(20)14(12)9-18(17)23-2;1-2/h3,6,8-9,13,15H,4-5,7,10-11H2,1-2H3;1-2H3/b6-3+;. The molecule has 2 aliphatic rings. The Labute approximate surface area is 164 Å². The lowest BCUT2D eigenvalue weighted by Crippen LogP contribution is -2.46. The molecule has 1 aromatic carbocycles. The van der Waals surface area contributed by atoms with E-state index in [2.05, 4.69) is 45.7 Å². The lowest BCUT2D eigenvalue weighted by molar-refractivity contribution is -0.128. The number of nitrogens with zero attached hydrogens (tertiary/aromatic N) is 1. The number of ether oxygens (including phenoxy) is 2. The highest BCUT2D eigenvalue weighted by atomic mass is 127. The van der Waals surface area contributed by atoms with Crippen molar-refractivity contribution in [3.05, 3.63) is 33.4 Å². The maximum Gasteiger partial charge on any atom is 0.161 e. The molecule has 1 aromatic rings. The summed E-state index contributed by atoms with van der Waals surface area (Å²) in [6, 6.07) is 4.32. The summed E-state index contributed by atoms with van der Waals surface area (Å²) >= 11 is 2.21. The average molecular weight is 457 g/mol. The third kappa shape index (κ3) is 4.37. The van der Waals surface area contributed by atoms with Gasteiger partial charge in [0.05, 0.1) is 14.2 Å². The summed E-state index contributed by atoms with van der Waals surface area (Å²) < 4.78 is 12.9. The summed E-state index contributed by atoms with van der Waals surface area (Å²) in [5.41, 5.74) is 2.51. The third-order valence-corrected chi connectivity index (χ3v) is 5.44. The first-order chi connectivity index (χ1) is 12.2. The Kier molecular flexibility index (Phi) is 7.75. The molecule has 0 aliphatic carbocycles. The Bertz CT molecular complexity index is 630. The Hall–Kier alpha value is -1.08. The summed E-state index contributed by atoms with van der Waals surface area (Å²) in [7, 11) is 3.32. The minimum Gasteiger partial charge on any atom is -0.493 e. The molecule has 5 heteroatoms. The lowest BCUT2D eigenvalue weighted by atomic mass is 9.81. The molecule has 1 saturated heterocycles. The van der Waals surface area contributed by atoms with E-state index in [1.807, 2.05) is 17.9 Å². The molecule has 4 nitrogen and oxygen atoms in total. The van der Waals surface area contributed by atoms with E-state index in [-0.39, 0.29) is 12.0 Å². The van der Waals surface area contributed by atoms with Crippen LogP contribution in [0.1, 0.15) is 43.9 Å². The van der Waals surface area contributed by atoms with Crippen LogP contribution in [0.2, 0.25) is 0 Å². The second-order valence-corrected chi connectivity index (χ2v) is 6.85. The minimum absolute atomic E-state index is 0.138. The highest BCUT2D eigenvalue weighted by Gasteiger charge is 2.37. The van der Waals surface area contributed by atoms with E-state index >= 15 is 0 Å². The van der Waals surface area contributed by atoms with E-state index in [4.69, 9.17) is 9.47 Å². The number of benzene rings is 1. The predicted molar refractivity (Wildman–Crippen MR) is 110 cm³/mol. The first kappa shape index (κ1) is 20.2. The van der Waals surface area contributed by atoms with Crippen molar-refractivity contribution >= 4 is 28.4 Å². The lowest BCUT2D eigenvalue weighted by Gasteiger charge is -2.43. The van der Waals surface area contributed by atoms with Crippen molar-refractivity contribution in [2.45, 2.75) is 39.2 Å². The molecule has 0 saturated carbocycles. The van der Waals surface area contributed by atoms with Crippen molar-refractivity contribution in [2.24, 2.45) is 5.92 Å². The van der Waals surface area contributed by atoms with Gasteiger partial charge in [0.1, 0.15) is 5.78 Å². The number of hydrogen-bond acceptors (Lipinski definition) is 4. The molecule has 25 heavy (non-hydrogen) atoms. The van der Waals surface area contributed by atoms with Gasteiger partial charge < -0.3 is 9.47 Å². The molecule has 2 atom stereocenters. The second kappa shape index (κ2) is 9.57. The third-order valence-electron chi connectivity index (χ3n) is 4.93. The van der Waals surface area contributed by atoms with Gasteiger partial charge in [-0.15, -0.1) is 0 Å². The van der Waals surface area contributed by atoms with Crippen molar-refractivity contribution in [3.8, 4) is 11.5 Å². The van der Waals surface area contributed by atoms with E-state index in [1.165, 1.54) is 11.1 Å². The highest BCUT2D eigenvalue weighted by Crippen LogP contribution is 2.42. The van der Waals surface area contributed by atoms with Crippen LogP contribution in [-0.4, -0.2) is 38.0 Å². The van der Waals surface area contributed by atoms with E-state index in [0.29, 0.717) is 12.2 Å². The number of Topliss-reactive ketones (excluding diaryl/α,β-unsaturated/α-hetero) is 1. The molecule has 3 rings (SSSR count). The maximum atomic E-state index is 12.5. The molecule has 2 unspecified atom stereocenters. The number of carbonyl (C=O) groups excluding carboxylic acids is 1. The van der Waals surface area contributed by atoms with Gasteiger partial charge in [-0.3, -0.25) is 9.69 Å². The Balaban J connectivity index is 0.00000109. The first-order valence-electron chi connectivity index (χ1n) is 8.94. The first-order valence-corrected chi connectivity index (χ1v) is 10.2. The number of piperidine rings is 1. The van der Waals surface area contributed by atoms with Crippen LogP contribution in [0.3, 0.4) is 0 Å². The number of fused-ring (bicyclic) bond motifs is 3. The Morgan fingerprint density at radius 1 is 1.24 bits per heavy atom. The van der Waals surface area contributed by atoms with E-state index < -0.39 is 0 Å². The molecule has 0 amide bonds. The fraction of sp³-hybridized carbons (Fsp3) is 0.550. The van der Waals surface area contributed by atoms with Crippen LogP contribution in [0.5, 0.6) is 11.5 Å². The Morgan fingerprint density at radius 2 is 1.92 bits per heavy atom. The topological polar surface area (TPSA) is 38.8 Å². The predicted octanol–water partition coefficient (Wildman–Crippen LogP) is 4.56. The smallest absolute Gasteiger partial charge is 0.161 e. The second-order valence-electron chi connectivity index (χ2n) is 6.13. The molecular weight excluding hydrogens is 429 g/mol. The van der Waals surface area contributed by atoms with E-state index in [0.717, 1.165) is 37.4 Å². The number of halogens is 1. The van der Waals surface area contributed by atoms with Gasteiger partial charge in [0.15, 0.2) is 11.5 Å². The van der Waals surface area contributed by atoms with Crippen LogP contribution in [0.25, 0.3) is 0 Å². The zero-order chi connectivity index (χ0) is 18.4. The molecule has 0 spiro atoms. The van der Waals surface area contributed by atoms with Crippen LogP contribution in [-0.2, 0) is 11.2 Å². The van der Waals surface area contributed by atoms with Crippen LogP contribution < -0.4 is 9.47 Å². The van der Waals surface area contributed by atoms with Crippen molar-refractivity contribution in [3.63, 3.8) is 0 Å². The number of hydrogen-bond donors (Lipinski definition) is 0. The molecule has 0 aromatic heterocycles. The van der Waals surface area contributed by atoms with Crippen molar-refractivity contribution < 1.29 is 14.3 Å². The fourth-order valence-electron chi connectivity index (χ4n) is 3.70. The quantitative estimate of drug-likeness (QED) is 0.622. The van der Waals surface area contributed by atoms with Gasteiger partial charge in [0.2, 0.25) is 0 Å². The number of allylic oxidation sites excluding steroid dienone is 1. The van der Waals surface area contributed by atoms with Gasteiger partial charge in [0.25, 0.3) is 0 Å². The largest absolute Gasteiger partial charge is 0.493 e. The van der Waals surface area contributed by atoms with E-state index in [1.54, 1.807) is 14.2 Å². The van der Waals surface area contributed by atoms with Crippen LogP contribution in [0, 0.1) is 5.92 Å². The van der Waals surface area contributed by atoms with Gasteiger partial charge in [-0.1, -0.05) is 42.5 Å². The zero-order valence-electron chi connectivity index (χ0n) is 15.5. The molecule has 0 bridgehead atoms. The summed E-state index contributed by atoms with van der Waals surface area (Å²) in [6.07, 6.45) is 4.54. The minimum atomic E-state index is 0.138. The summed E-state index contributed by atoms with van der Waals surface area (Å²) in [5, 5.41) is 0. The zero-order valence-corrected chi connectivity index (χ0v) is 17.7. The van der Waals surface area contributed by atoms with Gasteiger partial charge in [-0.05, 0) is 40.2 Å². The molecule has 2 heterocycles. The molecule has 2 aliphatic heterocycles. The average Bonchev–Trinajstić information content (AvgIpc) is 2.66. The number of ketones is 1. The van der Waals surface area contributed by atoms with Crippen molar-refractivity contribution in [1.29, 1.82) is 0 Å². The molecule has 138 valence electrons. The maximum absolute atomic E-state index is 12.5. The van der Waals surface area contributed by atoms with Gasteiger partial charge >= 0.3 is 0 Å². The number of rotatable bonds is 4. The van der Waals surface area contributed by atoms with Gasteiger partial charge in [-0.2, -0.15) is 0 Å². The fourth-order valence-corrected chi connectivity index (χ4v) is 4.00. The van der Waals surface area contributed by atoms with E-state index in [9.17, 15) is 4.79 Å². The summed E-state index contributed by atoms with van der Waals surface area (Å²) in [6.45, 7) is 5.86. The molecule has 1 fully saturated rings. The molecule has 0 radical (unpaired) electrons. The Morgan fingerprint density at radius 3 is 2.56 bits per heavy atom. The van der Waals surface area contributed by atoms with Crippen LogP contribution in [0.15, 0.2) is 22.3 Å². The normalized spacial score (nSPS) is 22.7. The highest BCUT2D eigenvalue weighted by molar-refractivity contribution is 14.1. The summed E-state index contributed by atoms with van der Waals surface area (Å²) in [5.74, 6) is 2.03. The van der Waals surface area contributed by atoms with Crippen LogP contribution >= 0.6 is 22.6 Å². The van der Waals surface area contributed by atoms with Crippen molar-refractivity contribution in [1.82, 2.24) is 4.90 Å². The molecular formula is C20H28INO3. The number of carbonyl (C=O) groups is 1. The van der Waals surface area contributed by atoms with Crippen LogP contribution in [0.4, 0.5) is 0 Å². The SMILES string of the molecule is CC.COc1cc2c(cc1OC)C1CC(=O)C(C/C=C/I)CN1CC2. The monoisotopic (exact) mass is 457 g/mol. The van der Waals surface area contributed by atoms with Gasteiger partial charge in [-0.25, -0.2) is 0 Å². The van der Waals surface area contributed by atoms with Gasteiger partial charge in [0, 0.05) is 31.5 Å². The number of methoxy groups -OCH3 is 2.